The Balaban J connectivity index is 1.32. The van der Waals surface area contributed by atoms with Gasteiger partial charge >= 0.3 is 0 Å². The van der Waals surface area contributed by atoms with E-state index in [-0.39, 0.29) is 23.7 Å². The molecule has 1 saturated carbocycles. The highest BCUT2D eigenvalue weighted by molar-refractivity contribution is 5.79. The summed E-state index contributed by atoms with van der Waals surface area (Å²) in [7, 11) is 2.11. The van der Waals surface area contributed by atoms with Crippen LogP contribution in [0.5, 0.6) is 5.75 Å². The summed E-state index contributed by atoms with van der Waals surface area (Å²) in [6.45, 7) is 6.67. The topological polar surface area (TPSA) is 56.3 Å². The Kier molecular flexibility index (Phi) is 8.27. The van der Waals surface area contributed by atoms with Gasteiger partial charge in [-0.25, -0.2) is 0 Å². The van der Waals surface area contributed by atoms with Crippen molar-refractivity contribution in [1.29, 1.82) is 0 Å². The van der Waals surface area contributed by atoms with Crippen molar-refractivity contribution >= 4 is 11.8 Å². The maximum absolute atomic E-state index is 13.6. The fraction of sp³-hybridized carbons (Fsp3) is 0.655. The number of para-hydroxylation sites is 1. The lowest BCUT2D eigenvalue weighted by molar-refractivity contribution is -0.137. The predicted molar refractivity (Wildman–Crippen MR) is 141 cm³/mol. The first kappa shape index (κ1) is 25.3. The average molecular weight is 495 g/mol. The van der Waals surface area contributed by atoms with Gasteiger partial charge in [0.2, 0.25) is 11.8 Å². The van der Waals surface area contributed by atoms with Crippen LogP contribution in [0.15, 0.2) is 36.4 Å². The number of amides is 2. The van der Waals surface area contributed by atoms with Crippen LogP contribution in [0.3, 0.4) is 0 Å². The zero-order chi connectivity index (χ0) is 24.9. The summed E-state index contributed by atoms with van der Waals surface area (Å²) in [5, 5.41) is 0. The molecule has 1 aromatic carbocycles. The van der Waals surface area contributed by atoms with E-state index in [1.807, 2.05) is 17.0 Å². The lowest BCUT2D eigenvalue weighted by atomic mass is 9.82. The number of likely N-dealkylation sites (N-methyl/N-ethyl adjacent to an activating group) is 1. The summed E-state index contributed by atoms with van der Waals surface area (Å²) < 4.78 is 6.21. The van der Waals surface area contributed by atoms with Crippen molar-refractivity contribution in [1.82, 2.24) is 19.6 Å². The third-order valence-electron chi connectivity index (χ3n) is 8.70. The molecule has 0 aromatic heterocycles. The molecule has 3 aliphatic heterocycles. The van der Waals surface area contributed by atoms with Crippen molar-refractivity contribution in [2.24, 2.45) is 11.8 Å². The van der Waals surface area contributed by atoms with Gasteiger partial charge in [0.05, 0.1) is 6.54 Å². The molecule has 3 heterocycles. The van der Waals surface area contributed by atoms with Crippen LogP contribution in [-0.4, -0.2) is 96.9 Å². The van der Waals surface area contributed by atoms with Gasteiger partial charge in [-0.15, -0.1) is 0 Å². The van der Waals surface area contributed by atoms with Crippen molar-refractivity contribution in [3.8, 4) is 5.75 Å². The minimum absolute atomic E-state index is 0.179. The molecule has 1 aromatic rings. The maximum atomic E-state index is 13.6. The molecular formula is C29H42N4O3. The van der Waals surface area contributed by atoms with E-state index in [0.29, 0.717) is 32.2 Å². The Hall–Kier alpha value is -2.38. The molecular weight excluding hydrogens is 452 g/mol. The van der Waals surface area contributed by atoms with Crippen molar-refractivity contribution in [3.05, 3.63) is 42.0 Å². The lowest BCUT2D eigenvalue weighted by Crippen LogP contribution is -2.50. The molecule has 2 saturated heterocycles. The summed E-state index contributed by atoms with van der Waals surface area (Å²) in [5.74, 6) is 1.84. The molecule has 0 N–H and O–H groups in total. The molecule has 1 aliphatic carbocycles. The molecule has 0 radical (unpaired) electrons. The first-order chi connectivity index (χ1) is 17.6. The van der Waals surface area contributed by atoms with Crippen LogP contribution < -0.4 is 4.74 Å². The van der Waals surface area contributed by atoms with E-state index in [2.05, 4.69) is 46.0 Å². The van der Waals surface area contributed by atoms with E-state index in [0.717, 1.165) is 69.8 Å². The van der Waals surface area contributed by atoms with Crippen molar-refractivity contribution < 1.29 is 14.3 Å². The standard InChI is InChI=1S/C29H42N4O3/c1-30-14-16-31(17-15-30)28(34)19-23-12-13-32-20-24(23)8-6-18-36-27-11-5-2-7-25(27)21-33(22-29(32)35)26-9-3-4-10-26/h2,5-8,11,23-24,26H,3-4,9-10,12-22H2,1H3/b8-6+/t23-,24-/m0/s1. The normalized spacial score (nSPS) is 28.0. The Labute approximate surface area is 216 Å². The molecule has 3 fully saturated rings. The second-order valence-electron chi connectivity index (χ2n) is 11.1. The van der Waals surface area contributed by atoms with E-state index in [1.54, 1.807) is 0 Å². The van der Waals surface area contributed by atoms with Gasteiger partial charge in [-0.1, -0.05) is 43.2 Å². The van der Waals surface area contributed by atoms with E-state index in [1.165, 1.54) is 12.8 Å². The summed E-state index contributed by atoms with van der Waals surface area (Å²) >= 11 is 0. The summed E-state index contributed by atoms with van der Waals surface area (Å²) in [5.41, 5.74) is 1.15. The maximum Gasteiger partial charge on any atom is 0.236 e. The summed E-state index contributed by atoms with van der Waals surface area (Å²) in [4.78, 5) is 35.4. The quantitative estimate of drug-likeness (QED) is 0.605. The number of piperidine rings is 1. The zero-order valence-electron chi connectivity index (χ0n) is 21.8. The summed E-state index contributed by atoms with van der Waals surface area (Å²) in [6, 6.07) is 8.70. The SMILES string of the molecule is CN1CCN(C(=O)C[C@@H]2CCN3C[C@@H]2/C=C/COc2ccccc2CN(C2CCCC2)CC3=O)CC1. The number of ether oxygens (including phenoxy) is 1. The molecule has 36 heavy (non-hydrogen) atoms. The largest absolute Gasteiger partial charge is 0.489 e. The highest BCUT2D eigenvalue weighted by Gasteiger charge is 2.34. The number of hydrogen-bond donors (Lipinski definition) is 0. The fourth-order valence-corrected chi connectivity index (χ4v) is 6.36. The van der Waals surface area contributed by atoms with Gasteiger partial charge < -0.3 is 19.4 Å². The Morgan fingerprint density at radius 3 is 2.58 bits per heavy atom. The monoisotopic (exact) mass is 494 g/mol. The van der Waals surface area contributed by atoms with Gasteiger partial charge in [0, 0.05) is 63.8 Å². The minimum atomic E-state index is 0.179. The van der Waals surface area contributed by atoms with Crippen LogP contribution in [0, 0.1) is 11.8 Å². The number of hydrogen-bond acceptors (Lipinski definition) is 5. The smallest absolute Gasteiger partial charge is 0.236 e. The fourth-order valence-electron chi connectivity index (χ4n) is 6.36. The number of carbonyl (C=O) groups is 2. The second-order valence-corrected chi connectivity index (χ2v) is 11.1. The van der Waals surface area contributed by atoms with Crippen LogP contribution in [0.2, 0.25) is 0 Å². The molecule has 4 aliphatic rings. The Morgan fingerprint density at radius 1 is 1.00 bits per heavy atom. The van der Waals surface area contributed by atoms with Crippen molar-refractivity contribution in [2.45, 2.75) is 51.1 Å². The number of rotatable bonds is 3. The lowest BCUT2D eigenvalue weighted by Gasteiger charge is -2.40. The van der Waals surface area contributed by atoms with Gasteiger partial charge in [-0.2, -0.15) is 0 Å². The van der Waals surface area contributed by atoms with E-state index in [4.69, 9.17) is 4.74 Å². The van der Waals surface area contributed by atoms with Crippen LogP contribution in [0.4, 0.5) is 0 Å². The van der Waals surface area contributed by atoms with Crippen LogP contribution in [0.25, 0.3) is 0 Å². The van der Waals surface area contributed by atoms with Crippen molar-refractivity contribution in [2.75, 3.05) is 59.5 Å². The highest BCUT2D eigenvalue weighted by Crippen LogP contribution is 2.31. The number of carbonyl (C=O) groups excluding carboxylic acids is 2. The third-order valence-corrected chi connectivity index (χ3v) is 8.70. The van der Waals surface area contributed by atoms with E-state index < -0.39 is 0 Å². The number of fused-ring (bicyclic) bond motifs is 3. The highest BCUT2D eigenvalue weighted by atomic mass is 16.5. The third kappa shape index (κ3) is 6.12. The van der Waals surface area contributed by atoms with Crippen molar-refractivity contribution in [3.63, 3.8) is 0 Å². The molecule has 2 amide bonds. The molecule has 5 rings (SSSR count). The van der Waals surface area contributed by atoms with Gasteiger partial charge in [-0.3, -0.25) is 14.5 Å². The summed E-state index contributed by atoms with van der Waals surface area (Å²) in [6.07, 6.45) is 10.6. The molecule has 196 valence electrons. The first-order valence-electron chi connectivity index (χ1n) is 13.9. The van der Waals surface area contributed by atoms with Crippen LogP contribution in [-0.2, 0) is 16.1 Å². The second kappa shape index (κ2) is 11.8. The minimum Gasteiger partial charge on any atom is -0.489 e. The zero-order valence-corrected chi connectivity index (χ0v) is 21.8. The molecule has 2 atom stereocenters. The molecule has 7 heteroatoms. The Bertz CT molecular complexity index is 936. The molecule has 0 spiro atoms. The Morgan fingerprint density at radius 2 is 1.78 bits per heavy atom. The average Bonchev–Trinajstić information content (AvgIpc) is 3.43. The van der Waals surface area contributed by atoms with Gasteiger partial charge in [0.15, 0.2) is 0 Å². The first-order valence-corrected chi connectivity index (χ1v) is 13.9. The number of benzene rings is 1. The van der Waals surface area contributed by atoms with Gasteiger partial charge in [-0.05, 0) is 44.2 Å². The van der Waals surface area contributed by atoms with Gasteiger partial charge in [0.25, 0.3) is 0 Å². The van der Waals surface area contributed by atoms with Crippen LogP contribution >= 0.6 is 0 Å². The predicted octanol–water partition coefficient (Wildman–Crippen LogP) is 3.01. The van der Waals surface area contributed by atoms with E-state index in [9.17, 15) is 9.59 Å². The van der Waals surface area contributed by atoms with Gasteiger partial charge in [0.1, 0.15) is 12.4 Å². The molecule has 0 unspecified atom stereocenters. The number of piperazine rings is 1. The molecule has 7 nitrogen and oxygen atoms in total. The molecule has 2 bridgehead atoms. The van der Waals surface area contributed by atoms with Crippen LogP contribution in [0.1, 0.15) is 44.1 Å². The number of nitrogens with zero attached hydrogens (tertiary/aromatic N) is 4. The van der Waals surface area contributed by atoms with E-state index >= 15 is 0 Å².